The maximum atomic E-state index is 5.38. The van der Waals surface area contributed by atoms with Crippen molar-refractivity contribution in [1.82, 2.24) is 20.3 Å². The normalized spacial score (nSPS) is 19.7. The second kappa shape index (κ2) is 12.3. The van der Waals surface area contributed by atoms with E-state index < -0.39 is 0 Å². The number of guanidine groups is 1. The standard InChI is InChI=1S/C23H34N6O2.HI/c1-3-24-23(28-12-10-27(11-13-28)18-20-8-14-31-26-20)25-16-19-7-9-29(17-19)21-5-4-6-22(15-21)30-2;/h4-6,8,14-15,19H,3,7,9-13,16-18H2,1-2H3,(H,24,25);1H. The van der Waals surface area contributed by atoms with Gasteiger partial charge in [-0.05, 0) is 31.4 Å². The Hall–Kier alpha value is -2.01. The molecule has 3 heterocycles. The number of ether oxygens (including phenoxy) is 1. The van der Waals surface area contributed by atoms with E-state index in [4.69, 9.17) is 14.3 Å². The van der Waals surface area contributed by atoms with E-state index in [0.717, 1.165) is 76.3 Å². The average Bonchev–Trinajstić information content (AvgIpc) is 3.50. The number of hydrogen-bond donors (Lipinski definition) is 1. The number of aromatic nitrogens is 1. The molecule has 0 spiro atoms. The fourth-order valence-electron chi connectivity index (χ4n) is 4.33. The van der Waals surface area contributed by atoms with Crippen LogP contribution < -0.4 is 15.0 Å². The van der Waals surface area contributed by atoms with Crippen LogP contribution in [0.15, 0.2) is 46.1 Å². The Balaban J connectivity index is 0.00000289. The van der Waals surface area contributed by atoms with E-state index >= 15 is 0 Å². The van der Waals surface area contributed by atoms with E-state index in [1.54, 1.807) is 13.4 Å². The third kappa shape index (κ3) is 6.50. The van der Waals surface area contributed by atoms with Gasteiger partial charge in [-0.15, -0.1) is 24.0 Å². The second-order valence-electron chi connectivity index (χ2n) is 8.25. The molecular formula is C23H35IN6O2. The summed E-state index contributed by atoms with van der Waals surface area (Å²) in [4.78, 5) is 12.3. The molecule has 1 N–H and O–H groups in total. The van der Waals surface area contributed by atoms with Gasteiger partial charge in [-0.2, -0.15) is 0 Å². The highest BCUT2D eigenvalue weighted by molar-refractivity contribution is 14.0. The zero-order chi connectivity index (χ0) is 21.5. The molecule has 2 aliphatic rings. The zero-order valence-electron chi connectivity index (χ0n) is 19.1. The van der Waals surface area contributed by atoms with Crippen molar-refractivity contribution in [2.24, 2.45) is 10.9 Å². The molecule has 2 saturated heterocycles. The lowest BCUT2D eigenvalue weighted by atomic mass is 10.1. The van der Waals surface area contributed by atoms with Crippen LogP contribution in [0.25, 0.3) is 0 Å². The highest BCUT2D eigenvalue weighted by Crippen LogP contribution is 2.27. The third-order valence-electron chi connectivity index (χ3n) is 6.09. The van der Waals surface area contributed by atoms with Gasteiger partial charge in [0.15, 0.2) is 5.96 Å². The van der Waals surface area contributed by atoms with E-state index in [1.165, 1.54) is 12.1 Å². The summed E-state index contributed by atoms with van der Waals surface area (Å²) in [5, 5.41) is 7.52. The molecule has 1 aromatic heterocycles. The van der Waals surface area contributed by atoms with E-state index in [9.17, 15) is 0 Å². The van der Waals surface area contributed by atoms with Crippen LogP contribution in [-0.2, 0) is 6.54 Å². The number of methoxy groups -OCH3 is 1. The largest absolute Gasteiger partial charge is 0.497 e. The number of aliphatic imine (C=N–C) groups is 1. The minimum absolute atomic E-state index is 0. The Morgan fingerprint density at radius 1 is 1.22 bits per heavy atom. The number of benzene rings is 1. The molecule has 0 radical (unpaired) electrons. The summed E-state index contributed by atoms with van der Waals surface area (Å²) in [5.41, 5.74) is 2.23. The molecule has 1 aromatic carbocycles. The van der Waals surface area contributed by atoms with Gasteiger partial charge in [0.1, 0.15) is 12.0 Å². The smallest absolute Gasteiger partial charge is 0.194 e. The second-order valence-corrected chi connectivity index (χ2v) is 8.25. The molecule has 0 bridgehead atoms. The Morgan fingerprint density at radius 3 is 2.78 bits per heavy atom. The van der Waals surface area contributed by atoms with Gasteiger partial charge in [0.2, 0.25) is 0 Å². The Kier molecular flexibility index (Phi) is 9.46. The maximum Gasteiger partial charge on any atom is 0.194 e. The number of halogens is 1. The molecule has 176 valence electrons. The van der Waals surface area contributed by atoms with Gasteiger partial charge in [-0.1, -0.05) is 11.2 Å². The monoisotopic (exact) mass is 554 g/mol. The first kappa shape index (κ1) is 24.6. The summed E-state index contributed by atoms with van der Waals surface area (Å²) in [6.07, 6.45) is 2.81. The summed E-state index contributed by atoms with van der Waals surface area (Å²) < 4.78 is 10.3. The first-order valence-corrected chi connectivity index (χ1v) is 11.3. The predicted molar refractivity (Wildman–Crippen MR) is 138 cm³/mol. The van der Waals surface area contributed by atoms with Gasteiger partial charge in [-0.25, -0.2) is 0 Å². The van der Waals surface area contributed by atoms with Crippen molar-refractivity contribution in [2.75, 3.05) is 64.4 Å². The highest BCUT2D eigenvalue weighted by Gasteiger charge is 2.24. The fraction of sp³-hybridized carbons (Fsp3) is 0.565. The summed E-state index contributed by atoms with van der Waals surface area (Å²) in [5.74, 6) is 2.54. The molecule has 1 atom stereocenters. The molecule has 2 aliphatic heterocycles. The topological polar surface area (TPSA) is 69.4 Å². The molecule has 8 nitrogen and oxygen atoms in total. The average molecular weight is 554 g/mol. The van der Waals surface area contributed by atoms with Crippen LogP contribution in [0.2, 0.25) is 0 Å². The van der Waals surface area contributed by atoms with Gasteiger partial charge >= 0.3 is 0 Å². The lowest BCUT2D eigenvalue weighted by molar-refractivity contribution is 0.169. The Bertz CT molecular complexity index is 839. The number of rotatable bonds is 7. The summed E-state index contributed by atoms with van der Waals surface area (Å²) in [6.45, 7) is 10.8. The van der Waals surface area contributed by atoms with E-state index in [2.05, 4.69) is 50.3 Å². The van der Waals surface area contributed by atoms with Crippen molar-refractivity contribution in [3.63, 3.8) is 0 Å². The predicted octanol–water partition coefficient (Wildman–Crippen LogP) is 2.91. The highest BCUT2D eigenvalue weighted by atomic mass is 127. The van der Waals surface area contributed by atoms with Gasteiger partial charge in [-0.3, -0.25) is 9.89 Å². The van der Waals surface area contributed by atoms with Crippen molar-refractivity contribution in [3.05, 3.63) is 42.3 Å². The number of nitrogens with one attached hydrogen (secondary N) is 1. The van der Waals surface area contributed by atoms with Crippen molar-refractivity contribution < 1.29 is 9.26 Å². The molecule has 9 heteroatoms. The lowest BCUT2D eigenvalue weighted by Crippen LogP contribution is -2.52. The first-order valence-electron chi connectivity index (χ1n) is 11.3. The van der Waals surface area contributed by atoms with Crippen LogP contribution in [0, 0.1) is 5.92 Å². The molecule has 0 aliphatic carbocycles. The van der Waals surface area contributed by atoms with Crippen LogP contribution in [-0.4, -0.2) is 80.4 Å². The van der Waals surface area contributed by atoms with Crippen molar-refractivity contribution in [2.45, 2.75) is 19.9 Å². The summed E-state index contributed by atoms with van der Waals surface area (Å²) in [7, 11) is 1.72. The van der Waals surface area contributed by atoms with Gasteiger partial charge in [0.25, 0.3) is 0 Å². The minimum atomic E-state index is 0. The van der Waals surface area contributed by atoms with Crippen molar-refractivity contribution in [1.29, 1.82) is 0 Å². The number of hydrogen-bond acceptors (Lipinski definition) is 6. The van der Waals surface area contributed by atoms with Gasteiger partial charge in [0, 0.05) is 76.7 Å². The number of anilines is 1. The van der Waals surface area contributed by atoms with Gasteiger partial charge in [0.05, 0.1) is 12.8 Å². The van der Waals surface area contributed by atoms with Gasteiger partial charge < -0.3 is 24.4 Å². The molecule has 4 rings (SSSR count). The van der Waals surface area contributed by atoms with Crippen molar-refractivity contribution >= 4 is 35.6 Å². The molecular weight excluding hydrogens is 519 g/mol. The summed E-state index contributed by atoms with van der Waals surface area (Å²) in [6, 6.07) is 10.3. The molecule has 32 heavy (non-hydrogen) atoms. The van der Waals surface area contributed by atoms with Crippen LogP contribution in [0.3, 0.4) is 0 Å². The minimum Gasteiger partial charge on any atom is -0.497 e. The molecule has 0 saturated carbocycles. The SMILES string of the molecule is CCNC(=NCC1CCN(c2cccc(OC)c2)C1)N1CCN(Cc2ccon2)CC1.I. The maximum absolute atomic E-state index is 5.38. The number of nitrogens with zero attached hydrogens (tertiary/aromatic N) is 5. The van der Waals surface area contributed by atoms with Crippen LogP contribution in [0.1, 0.15) is 19.0 Å². The van der Waals surface area contributed by atoms with E-state index in [-0.39, 0.29) is 24.0 Å². The molecule has 1 unspecified atom stereocenters. The van der Waals surface area contributed by atoms with Crippen LogP contribution in [0.5, 0.6) is 5.75 Å². The van der Waals surface area contributed by atoms with Crippen LogP contribution in [0.4, 0.5) is 5.69 Å². The molecule has 2 fully saturated rings. The van der Waals surface area contributed by atoms with E-state index in [0.29, 0.717) is 5.92 Å². The van der Waals surface area contributed by atoms with Crippen molar-refractivity contribution in [3.8, 4) is 5.75 Å². The molecule has 2 aromatic rings. The zero-order valence-corrected chi connectivity index (χ0v) is 21.4. The number of piperazine rings is 1. The molecule has 0 amide bonds. The Morgan fingerprint density at radius 2 is 2.06 bits per heavy atom. The summed E-state index contributed by atoms with van der Waals surface area (Å²) >= 11 is 0. The van der Waals surface area contributed by atoms with Crippen LogP contribution >= 0.6 is 24.0 Å². The third-order valence-corrected chi connectivity index (χ3v) is 6.09. The van der Waals surface area contributed by atoms with E-state index in [1.807, 2.05) is 12.1 Å². The fourth-order valence-corrected chi connectivity index (χ4v) is 4.33. The first-order chi connectivity index (χ1) is 15.2. The quantitative estimate of drug-likeness (QED) is 0.321. The Labute approximate surface area is 208 Å². The lowest BCUT2D eigenvalue weighted by Gasteiger charge is -2.36.